The van der Waals surface area contributed by atoms with E-state index in [1.54, 1.807) is 0 Å². The van der Waals surface area contributed by atoms with Crippen LogP contribution in [-0.2, 0) is 17.8 Å². The molecule has 0 radical (unpaired) electrons. The van der Waals surface area contributed by atoms with Crippen molar-refractivity contribution >= 4 is 11.3 Å². The average molecular weight is 343 g/mol. The first-order valence-corrected chi connectivity index (χ1v) is 9.64. The zero-order valence-corrected chi connectivity index (χ0v) is 14.9. The van der Waals surface area contributed by atoms with Gasteiger partial charge < -0.3 is 4.74 Å². The van der Waals surface area contributed by atoms with E-state index >= 15 is 0 Å². The van der Waals surface area contributed by atoms with E-state index in [2.05, 4.69) is 44.4 Å². The summed E-state index contributed by atoms with van der Waals surface area (Å²) in [6.07, 6.45) is 3.12. The molecule has 0 N–H and O–H groups in total. The molecular weight excluding hydrogens is 318 g/mol. The average Bonchev–Trinajstić information content (AvgIpc) is 3.19. The fourth-order valence-corrected chi connectivity index (χ4v) is 4.72. The number of ether oxygens (including phenoxy) is 1. The first kappa shape index (κ1) is 16.2. The van der Waals surface area contributed by atoms with E-state index in [-0.39, 0.29) is 5.41 Å². The number of hydrogen-bond acceptors (Lipinski definition) is 5. The number of rotatable bonds is 4. The first-order valence-electron chi connectivity index (χ1n) is 8.76. The van der Waals surface area contributed by atoms with Gasteiger partial charge in [-0.1, -0.05) is 12.1 Å². The van der Waals surface area contributed by atoms with E-state index < -0.39 is 0 Å². The third-order valence-corrected chi connectivity index (χ3v) is 5.97. The Morgan fingerprint density at radius 2 is 2.00 bits per heavy atom. The lowest BCUT2D eigenvalue weighted by molar-refractivity contribution is 0.0707. The molecule has 0 bridgehead atoms. The highest BCUT2D eigenvalue weighted by molar-refractivity contribution is 7.09. The third kappa shape index (κ3) is 3.86. The van der Waals surface area contributed by atoms with Gasteiger partial charge in [0.15, 0.2) is 0 Å². The van der Waals surface area contributed by atoms with Gasteiger partial charge in [-0.3, -0.25) is 14.8 Å². The number of hydrogen-bond donors (Lipinski definition) is 0. The van der Waals surface area contributed by atoms with Crippen LogP contribution in [-0.4, -0.2) is 54.2 Å². The molecule has 1 atom stereocenters. The predicted molar refractivity (Wildman–Crippen MR) is 97.0 cm³/mol. The third-order valence-electron chi connectivity index (χ3n) is 5.11. The summed E-state index contributed by atoms with van der Waals surface area (Å²) in [5.74, 6) is 0. The second kappa shape index (κ2) is 7.31. The van der Waals surface area contributed by atoms with Crippen LogP contribution in [0.1, 0.15) is 17.0 Å². The molecule has 24 heavy (non-hydrogen) atoms. The first-order chi connectivity index (χ1) is 11.8. The number of likely N-dealkylation sites (tertiary alicyclic amines) is 1. The zero-order chi connectivity index (χ0) is 16.2. The van der Waals surface area contributed by atoms with Gasteiger partial charge in [-0.05, 0) is 36.5 Å². The molecule has 1 unspecified atom stereocenters. The van der Waals surface area contributed by atoms with Gasteiger partial charge in [0.25, 0.3) is 0 Å². The van der Waals surface area contributed by atoms with Crippen molar-refractivity contribution in [2.45, 2.75) is 19.5 Å². The maximum Gasteiger partial charge on any atom is 0.0593 e. The molecule has 4 heterocycles. The topological polar surface area (TPSA) is 28.6 Å². The second-order valence-corrected chi connectivity index (χ2v) is 8.16. The lowest BCUT2D eigenvalue weighted by Gasteiger charge is -2.31. The molecule has 2 aromatic heterocycles. The quantitative estimate of drug-likeness (QED) is 0.853. The van der Waals surface area contributed by atoms with Crippen molar-refractivity contribution in [3.8, 4) is 0 Å². The van der Waals surface area contributed by atoms with Crippen molar-refractivity contribution < 1.29 is 4.74 Å². The van der Waals surface area contributed by atoms with E-state index in [9.17, 15) is 0 Å². The van der Waals surface area contributed by atoms with E-state index in [1.165, 1.54) is 17.8 Å². The summed E-state index contributed by atoms with van der Waals surface area (Å²) in [6.45, 7) is 8.18. The molecule has 2 fully saturated rings. The summed E-state index contributed by atoms with van der Waals surface area (Å²) < 4.78 is 6.00. The Bertz CT molecular complexity index is 633. The van der Waals surface area contributed by atoms with Gasteiger partial charge >= 0.3 is 0 Å². The van der Waals surface area contributed by atoms with Gasteiger partial charge in [0, 0.05) is 49.2 Å². The summed E-state index contributed by atoms with van der Waals surface area (Å²) >= 11 is 1.86. The van der Waals surface area contributed by atoms with Crippen molar-refractivity contribution in [2.24, 2.45) is 5.41 Å². The van der Waals surface area contributed by atoms with Gasteiger partial charge in [0.2, 0.25) is 0 Å². The highest BCUT2D eigenvalue weighted by atomic mass is 32.1. The number of nitrogens with zero attached hydrogens (tertiary/aromatic N) is 3. The Hall–Kier alpha value is -1.27. The standard InChI is InChI=1S/C19H25N3OS/c1-2-7-20-17(4-1)12-22-9-10-23-16-19(15-22)6-8-21(14-19)13-18-5-3-11-24-18/h1-5,7,11H,6,8-10,12-16H2. The zero-order valence-electron chi connectivity index (χ0n) is 14.1. The Morgan fingerprint density at radius 3 is 2.79 bits per heavy atom. The van der Waals surface area contributed by atoms with Gasteiger partial charge in [-0.2, -0.15) is 0 Å². The number of thiophene rings is 1. The van der Waals surface area contributed by atoms with Crippen LogP contribution < -0.4 is 0 Å². The minimum atomic E-state index is 0.280. The number of pyridine rings is 1. The largest absolute Gasteiger partial charge is 0.379 e. The highest BCUT2D eigenvalue weighted by Gasteiger charge is 2.41. The van der Waals surface area contributed by atoms with Gasteiger partial charge in [0.05, 0.1) is 18.9 Å². The van der Waals surface area contributed by atoms with Crippen LogP contribution in [0.5, 0.6) is 0 Å². The molecule has 2 aliphatic rings. The minimum absolute atomic E-state index is 0.280. The summed E-state index contributed by atoms with van der Waals surface area (Å²) in [4.78, 5) is 11.1. The molecule has 128 valence electrons. The number of aromatic nitrogens is 1. The fraction of sp³-hybridized carbons (Fsp3) is 0.526. The molecule has 0 amide bonds. The molecule has 1 spiro atoms. The molecule has 2 saturated heterocycles. The predicted octanol–water partition coefficient (Wildman–Crippen LogP) is 2.87. The highest BCUT2D eigenvalue weighted by Crippen LogP contribution is 2.34. The monoisotopic (exact) mass is 343 g/mol. The molecule has 2 aliphatic heterocycles. The SMILES string of the molecule is c1ccc(CN2CCOCC3(CCN(Cc4cccs4)C3)C2)nc1. The van der Waals surface area contributed by atoms with Crippen molar-refractivity contribution in [1.29, 1.82) is 0 Å². The van der Waals surface area contributed by atoms with Gasteiger partial charge in [-0.25, -0.2) is 0 Å². The Kier molecular flexibility index (Phi) is 4.94. The van der Waals surface area contributed by atoms with Crippen LogP contribution in [0.4, 0.5) is 0 Å². The molecular formula is C19H25N3OS. The molecule has 4 rings (SSSR count). The van der Waals surface area contributed by atoms with Crippen LogP contribution in [0, 0.1) is 5.41 Å². The van der Waals surface area contributed by atoms with Crippen molar-refractivity contribution in [2.75, 3.05) is 39.4 Å². The molecule has 0 aliphatic carbocycles. The summed E-state index contributed by atoms with van der Waals surface area (Å²) in [6, 6.07) is 10.6. The van der Waals surface area contributed by atoms with E-state index in [4.69, 9.17) is 4.74 Å². The summed E-state index contributed by atoms with van der Waals surface area (Å²) in [5.41, 5.74) is 1.44. The van der Waals surface area contributed by atoms with Crippen LogP contribution in [0.15, 0.2) is 41.9 Å². The molecule has 4 nitrogen and oxygen atoms in total. The minimum Gasteiger partial charge on any atom is -0.379 e. The molecule has 5 heteroatoms. The summed E-state index contributed by atoms with van der Waals surface area (Å²) in [7, 11) is 0. The Morgan fingerprint density at radius 1 is 1.08 bits per heavy atom. The van der Waals surface area contributed by atoms with Crippen LogP contribution in [0.3, 0.4) is 0 Å². The lowest BCUT2D eigenvalue weighted by Crippen LogP contribution is -2.40. The Balaban J connectivity index is 1.40. The summed E-state index contributed by atoms with van der Waals surface area (Å²) in [5, 5.41) is 2.17. The van der Waals surface area contributed by atoms with Crippen molar-refractivity contribution in [1.82, 2.24) is 14.8 Å². The lowest BCUT2D eigenvalue weighted by atomic mass is 9.87. The maximum absolute atomic E-state index is 6.00. The van der Waals surface area contributed by atoms with Crippen molar-refractivity contribution in [3.05, 3.63) is 52.5 Å². The second-order valence-electron chi connectivity index (χ2n) is 7.12. The van der Waals surface area contributed by atoms with Gasteiger partial charge in [-0.15, -0.1) is 11.3 Å². The van der Waals surface area contributed by atoms with E-state index in [0.717, 1.165) is 51.6 Å². The fourth-order valence-electron chi connectivity index (χ4n) is 3.97. The van der Waals surface area contributed by atoms with E-state index in [1.807, 2.05) is 23.6 Å². The van der Waals surface area contributed by atoms with Crippen LogP contribution >= 0.6 is 11.3 Å². The molecule has 0 saturated carbocycles. The molecule has 2 aromatic rings. The van der Waals surface area contributed by atoms with Crippen molar-refractivity contribution in [3.63, 3.8) is 0 Å². The van der Waals surface area contributed by atoms with E-state index in [0.29, 0.717) is 0 Å². The van der Waals surface area contributed by atoms with Gasteiger partial charge in [0.1, 0.15) is 0 Å². The Labute approximate surface area is 148 Å². The smallest absolute Gasteiger partial charge is 0.0593 e. The van der Waals surface area contributed by atoms with Crippen LogP contribution in [0.25, 0.3) is 0 Å². The molecule has 0 aromatic carbocycles. The maximum atomic E-state index is 6.00. The van der Waals surface area contributed by atoms with Crippen LogP contribution in [0.2, 0.25) is 0 Å². The normalized spacial score (nSPS) is 26.0.